The largest absolute Gasteiger partial charge is 0.466 e. The van der Waals surface area contributed by atoms with E-state index in [1.54, 1.807) is 0 Å². The van der Waals surface area contributed by atoms with Crippen molar-refractivity contribution in [2.45, 2.75) is 52.1 Å². The number of rotatable bonds is 6. The lowest BCUT2D eigenvalue weighted by atomic mass is 9.83. The molecule has 0 amide bonds. The summed E-state index contributed by atoms with van der Waals surface area (Å²) < 4.78 is 5.78. The van der Waals surface area contributed by atoms with Gasteiger partial charge in [-0.25, -0.2) is 0 Å². The molecule has 1 aromatic carbocycles. The number of aryl methyl sites for hydroxylation is 1. The number of halogens is 1. The van der Waals surface area contributed by atoms with E-state index in [2.05, 4.69) is 38.2 Å². The highest BCUT2D eigenvalue weighted by molar-refractivity contribution is 6.30. The Labute approximate surface area is 132 Å². The highest BCUT2D eigenvalue weighted by Gasteiger charge is 2.26. The van der Waals surface area contributed by atoms with Crippen molar-refractivity contribution in [2.75, 3.05) is 0 Å². The number of benzene rings is 1. The molecule has 2 nitrogen and oxygen atoms in total. The van der Waals surface area contributed by atoms with Crippen LogP contribution in [0.25, 0.3) is 0 Å². The second-order valence-corrected chi connectivity index (χ2v) is 6.85. The predicted molar refractivity (Wildman–Crippen MR) is 88.8 cm³/mol. The summed E-state index contributed by atoms with van der Waals surface area (Å²) in [5.41, 5.74) is 1.23. The van der Waals surface area contributed by atoms with Gasteiger partial charge in [0.05, 0.1) is 0 Å². The molecule has 21 heavy (non-hydrogen) atoms. The van der Waals surface area contributed by atoms with Crippen LogP contribution in [0.15, 0.2) is 40.8 Å². The maximum absolute atomic E-state index is 6.01. The van der Waals surface area contributed by atoms with Gasteiger partial charge < -0.3 is 9.73 Å². The monoisotopic (exact) mass is 305 g/mol. The Morgan fingerprint density at radius 3 is 2.62 bits per heavy atom. The minimum Gasteiger partial charge on any atom is -0.466 e. The zero-order chi connectivity index (χ0) is 15.5. The smallest absolute Gasteiger partial charge is 0.109 e. The first-order valence-electron chi connectivity index (χ1n) is 7.41. The van der Waals surface area contributed by atoms with Crippen molar-refractivity contribution in [3.63, 3.8) is 0 Å². The van der Waals surface area contributed by atoms with Gasteiger partial charge in [-0.15, -0.1) is 0 Å². The maximum atomic E-state index is 6.01. The second kappa shape index (κ2) is 6.67. The molecule has 1 aromatic heterocycles. The summed E-state index contributed by atoms with van der Waals surface area (Å²) in [5.74, 6) is 2.02. The van der Waals surface area contributed by atoms with Gasteiger partial charge in [0.1, 0.15) is 11.5 Å². The van der Waals surface area contributed by atoms with Crippen LogP contribution in [0.1, 0.15) is 44.3 Å². The average molecular weight is 306 g/mol. The number of nitrogens with one attached hydrogen (secondary N) is 1. The van der Waals surface area contributed by atoms with Crippen molar-refractivity contribution in [3.05, 3.63) is 58.5 Å². The van der Waals surface area contributed by atoms with Crippen LogP contribution in [0.3, 0.4) is 0 Å². The fourth-order valence-corrected chi connectivity index (χ4v) is 2.89. The maximum Gasteiger partial charge on any atom is 0.109 e. The summed E-state index contributed by atoms with van der Waals surface area (Å²) in [4.78, 5) is 0. The lowest BCUT2D eigenvalue weighted by molar-refractivity contribution is 0.319. The first-order valence-corrected chi connectivity index (χ1v) is 7.79. The first-order chi connectivity index (χ1) is 9.87. The van der Waals surface area contributed by atoms with Crippen LogP contribution in [0.5, 0.6) is 0 Å². The van der Waals surface area contributed by atoms with Crippen molar-refractivity contribution < 1.29 is 4.42 Å². The molecule has 0 aliphatic carbocycles. The SMILES string of the molecule is Cc1ccc(C(C)(C)C[C@@H](C)NCc2cccc(Cl)c2)o1. The Balaban J connectivity index is 1.90. The molecule has 114 valence electrons. The van der Waals surface area contributed by atoms with Crippen molar-refractivity contribution in [1.29, 1.82) is 0 Å². The highest BCUT2D eigenvalue weighted by Crippen LogP contribution is 2.29. The topological polar surface area (TPSA) is 25.2 Å². The average Bonchev–Trinajstić information content (AvgIpc) is 2.84. The van der Waals surface area contributed by atoms with Gasteiger partial charge >= 0.3 is 0 Å². The molecule has 2 aromatic rings. The summed E-state index contributed by atoms with van der Waals surface area (Å²) >= 11 is 6.01. The van der Waals surface area contributed by atoms with E-state index in [4.69, 9.17) is 16.0 Å². The fraction of sp³-hybridized carbons (Fsp3) is 0.444. The van der Waals surface area contributed by atoms with E-state index in [0.717, 1.165) is 29.5 Å². The molecule has 0 radical (unpaired) electrons. The molecule has 0 unspecified atom stereocenters. The van der Waals surface area contributed by atoms with Crippen LogP contribution < -0.4 is 5.32 Å². The first kappa shape index (κ1) is 16.1. The van der Waals surface area contributed by atoms with E-state index >= 15 is 0 Å². The molecule has 0 bridgehead atoms. The van der Waals surface area contributed by atoms with Gasteiger partial charge in [0.15, 0.2) is 0 Å². The summed E-state index contributed by atoms with van der Waals surface area (Å²) in [6, 6.07) is 12.5. The summed E-state index contributed by atoms with van der Waals surface area (Å²) in [6.07, 6.45) is 1.01. The zero-order valence-electron chi connectivity index (χ0n) is 13.2. The van der Waals surface area contributed by atoms with Gasteiger partial charge in [-0.1, -0.05) is 37.6 Å². The van der Waals surface area contributed by atoms with Crippen LogP contribution in [0.2, 0.25) is 5.02 Å². The van der Waals surface area contributed by atoms with Gasteiger partial charge in [-0.05, 0) is 50.1 Å². The minimum absolute atomic E-state index is 0.0228. The van der Waals surface area contributed by atoms with E-state index in [9.17, 15) is 0 Å². The van der Waals surface area contributed by atoms with E-state index in [1.807, 2.05) is 31.2 Å². The summed E-state index contributed by atoms with van der Waals surface area (Å²) in [6.45, 7) is 9.48. The van der Waals surface area contributed by atoms with Crippen molar-refractivity contribution in [1.82, 2.24) is 5.32 Å². The molecule has 0 aliphatic rings. The zero-order valence-corrected chi connectivity index (χ0v) is 14.0. The molecular weight excluding hydrogens is 282 g/mol. The molecule has 1 N–H and O–H groups in total. The van der Waals surface area contributed by atoms with Crippen LogP contribution in [0, 0.1) is 6.92 Å². The Kier molecular flexibility index (Phi) is 5.13. The molecule has 1 heterocycles. The standard InChI is InChI=1S/C18H24ClNO/c1-13(20-12-15-6-5-7-16(19)10-15)11-18(3,4)17-9-8-14(2)21-17/h5-10,13,20H,11-12H2,1-4H3/t13-/m1/s1. The molecule has 0 spiro atoms. The summed E-state index contributed by atoms with van der Waals surface area (Å²) in [5, 5.41) is 4.34. The molecular formula is C18H24ClNO. The van der Waals surface area contributed by atoms with E-state index in [0.29, 0.717) is 6.04 Å². The molecule has 0 fully saturated rings. The van der Waals surface area contributed by atoms with Gasteiger partial charge in [0.2, 0.25) is 0 Å². The van der Waals surface area contributed by atoms with Gasteiger partial charge in [-0.3, -0.25) is 0 Å². The molecule has 0 saturated heterocycles. The third kappa shape index (κ3) is 4.62. The lowest BCUT2D eigenvalue weighted by Gasteiger charge is -2.26. The van der Waals surface area contributed by atoms with E-state index in [-0.39, 0.29) is 5.41 Å². The molecule has 0 aliphatic heterocycles. The van der Waals surface area contributed by atoms with E-state index in [1.165, 1.54) is 5.56 Å². The third-order valence-corrected chi connectivity index (χ3v) is 4.00. The van der Waals surface area contributed by atoms with Crippen LogP contribution in [0.4, 0.5) is 0 Å². The third-order valence-electron chi connectivity index (χ3n) is 3.77. The number of furan rings is 1. The van der Waals surface area contributed by atoms with Gasteiger partial charge in [0, 0.05) is 23.0 Å². The second-order valence-electron chi connectivity index (χ2n) is 6.41. The fourth-order valence-electron chi connectivity index (χ4n) is 2.68. The van der Waals surface area contributed by atoms with Gasteiger partial charge in [0.25, 0.3) is 0 Å². The molecule has 1 atom stereocenters. The van der Waals surface area contributed by atoms with Crippen molar-refractivity contribution >= 4 is 11.6 Å². The minimum atomic E-state index is 0.0228. The molecule has 0 saturated carbocycles. The van der Waals surface area contributed by atoms with Crippen LogP contribution in [-0.4, -0.2) is 6.04 Å². The van der Waals surface area contributed by atoms with Crippen molar-refractivity contribution in [2.24, 2.45) is 0 Å². The number of hydrogen-bond donors (Lipinski definition) is 1. The Morgan fingerprint density at radius 1 is 1.24 bits per heavy atom. The van der Waals surface area contributed by atoms with Crippen molar-refractivity contribution in [3.8, 4) is 0 Å². The Morgan fingerprint density at radius 2 is 2.00 bits per heavy atom. The lowest BCUT2D eigenvalue weighted by Crippen LogP contribution is -2.32. The van der Waals surface area contributed by atoms with E-state index < -0.39 is 0 Å². The molecule has 2 rings (SSSR count). The Hall–Kier alpha value is -1.25. The van der Waals surface area contributed by atoms with Crippen LogP contribution >= 0.6 is 11.6 Å². The predicted octanol–water partition coefficient (Wildman–Crippen LogP) is 5.09. The number of hydrogen-bond acceptors (Lipinski definition) is 2. The normalized spacial score (nSPS) is 13.4. The quantitative estimate of drug-likeness (QED) is 0.804. The summed E-state index contributed by atoms with van der Waals surface area (Å²) in [7, 11) is 0. The van der Waals surface area contributed by atoms with Crippen LogP contribution in [-0.2, 0) is 12.0 Å². The van der Waals surface area contributed by atoms with Gasteiger partial charge in [-0.2, -0.15) is 0 Å². The highest BCUT2D eigenvalue weighted by atomic mass is 35.5. The molecule has 3 heteroatoms. The Bertz CT molecular complexity index is 588.